The third-order valence-corrected chi connectivity index (χ3v) is 5.81. The van der Waals surface area contributed by atoms with Crippen LogP contribution in [0.15, 0.2) is 84.1 Å². The van der Waals surface area contributed by atoms with E-state index in [1.165, 1.54) is 11.3 Å². The molecule has 1 aromatic heterocycles. The number of hydrazone groups is 1. The van der Waals surface area contributed by atoms with Gasteiger partial charge in [-0.25, -0.2) is 9.99 Å². The van der Waals surface area contributed by atoms with E-state index in [9.17, 15) is 0 Å². The van der Waals surface area contributed by atoms with Gasteiger partial charge in [0.1, 0.15) is 11.6 Å². The lowest BCUT2D eigenvalue weighted by atomic mass is 10.0. The Labute approximate surface area is 190 Å². The van der Waals surface area contributed by atoms with E-state index in [0.717, 1.165) is 42.4 Å². The van der Waals surface area contributed by atoms with Crippen LogP contribution in [-0.4, -0.2) is 30.9 Å². The summed E-state index contributed by atoms with van der Waals surface area (Å²) in [5.41, 5.74) is 4.64. The fourth-order valence-electron chi connectivity index (χ4n) is 4.00. The Kier molecular flexibility index (Phi) is 6.85. The molecule has 2 heterocycles. The Morgan fingerprint density at radius 3 is 2.34 bits per heavy atom. The van der Waals surface area contributed by atoms with Crippen molar-refractivity contribution in [3.05, 3.63) is 90.1 Å². The standard InChI is InChI=1S/C27H30N4O/c1-4-30(5-2)24-15-12-22(13-16-24)26-20-23(29-31(26)27-8-6-7-19-28-27)14-9-21-10-17-25(32-3)18-11-21/h6-19,26H,4-5,20H2,1-3H3. The van der Waals surface area contributed by atoms with E-state index >= 15 is 0 Å². The first-order chi connectivity index (χ1) is 15.7. The Hall–Kier alpha value is -3.60. The van der Waals surface area contributed by atoms with E-state index in [1.54, 1.807) is 7.11 Å². The van der Waals surface area contributed by atoms with Gasteiger partial charge < -0.3 is 9.64 Å². The molecule has 0 saturated carbocycles. The monoisotopic (exact) mass is 426 g/mol. The largest absolute Gasteiger partial charge is 0.497 e. The van der Waals surface area contributed by atoms with E-state index in [4.69, 9.17) is 9.84 Å². The number of nitrogens with zero attached hydrogens (tertiary/aromatic N) is 4. The van der Waals surface area contributed by atoms with Gasteiger partial charge >= 0.3 is 0 Å². The summed E-state index contributed by atoms with van der Waals surface area (Å²) in [6, 6.07) is 23.0. The predicted molar refractivity (Wildman–Crippen MR) is 134 cm³/mol. The van der Waals surface area contributed by atoms with Gasteiger partial charge in [0.05, 0.1) is 18.9 Å². The SMILES string of the molecule is CCN(CC)c1ccc(C2CC(C=Cc3ccc(OC)cc3)=NN2c2ccccn2)cc1. The molecule has 0 aliphatic carbocycles. The molecule has 32 heavy (non-hydrogen) atoms. The smallest absolute Gasteiger partial charge is 0.149 e. The van der Waals surface area contributed by atoms with Gasteiger partial charge in [-0.1, -0.05) is 36.4 Å². The van der Waals surface area contributed by atoms with Gasteiger partial charge in [0, 0.05) is 31.4 Å². The van der Waals surface area contributed by atoms with Crippen LogP contribution in [0.2, 0.25) is 0 Å². The van der Waals surface area contributed by atoms with Crippen molar-refractivity contribution >= 4 is 23.3 Å². The molecule has 0 fully saturated rings. The summed E-state index contributed by atoms with van der Waals surface area (Å²) >= 11 is 0. The summed E-state index contributed by atoms with van der Waals surface area (Å²) in [7, 11) is 1.68. The first-order valence-electron chi connectivity index (χ1n) is 11.2. The number of rotatable bonds is 8. The van der Waals surface area contributed by atoms with Crippen LogP contribution >= 0.6 is 0 Å². The summed E-state index contributed by atoms with van der Waals surface area (Å²) in [5.74, 6) is 1.72. The molecule has 5 heteroatoms. The molecular formula is C27H30N4O. The van der Waals surface area contributed by atoms with Gasteiger partial charge in [0.25, 0.3) is 0 Å². The predicted octanol–water partition coefficient (Wildman–Crippen LogP) is 5.96. The maximum absolute atomic E-state index is 5.25. The molecule has 1 atom stereocenters. The topological polar surface area (TPSA) is 41.0 Å². The molecule has 1 unspecified atom stereocenters. The third-order valence-electron chi connectivity index (χ3n) is 5.81. The molecule has 0 spiro atoms. The van der Waals surface area contributed by atoms with Gasteiger partial charge in [-0.05, 0) is 67.4 Å². The van der Waals surface area contributed by atoms with Gasteiger partial charge in [-0.15, -0.1) is 0 Å². The number of hydrogen-bond acceptors (Lipinski definition) is 5. The number of methoxy groups -OCH3 is 1. The molecule has 0 amide bonds. The van der Waals surface area contributed by atoms with Crippen molar-refractivity contribution in [2.45, 2.75) is 26.3 Å². The number of pyridine rings is 1. The molecule has 1 aliphatic rings. The molecular weight excluding hydrogens is 396 g/mol. The van der Waals surface area contributed by atoms with Gasteiger partial charge in [-0.3, -0.25) is 0 Å². The van der Waals surface area contributed by atoms with Crippen LogP contribution in [0.5, 0.6) is 5.75 Å². The summed E-state index contributed by atoms with van der Waals surface area (Å²) in [4.78, 5) is 6.91. The fraction of sp³-hybridized carbons (Fsp3) is 0.259. The van der Waals surface area contributed by atoms with E-state index in [2.05, 4.69) is 60.1 Å². The summed E-state index contributed by atoms with van der Waals surface area (Å²) < 4.78 is 5.25. The van der Waals surface area contributed by atoms with Crippen LogP contribution in [0.25, 0.3) is 6.08 Å². The molecule has 0 radical (unpaired) electrons. The highest BCUT2D eigenvalue weighted by molar-refractivity contribution is 6.01. The maximum atomic E-state index is 5.25. The van der Waals surface area contributed by atoms with Crippen LogP contribution in [0.4, 0.5) is 11.5 Å². The lowest BCUT2D eigenvalue weighted by molar-refractivity contribution is 0.415. The molecule has 3 aromatic rings. The molecule has 164 valence electrons. The van der Waals surface area contributed by atoms with Gasteiger partial charge in [0.15, 0.2) is 0 Å². The second kappa shape index (κ2) is 10.1. The van der Waals surface area contributed by atoms with Crippen LogP contribution in [-0.2, 0) is 0 Å². The third kappa shape index (κ3) is 4.83. The van der Waals surface area contributed by atoms with E-state index in [1.807, 2.05) is 53.7 Å². The van der Waals surface area contributed by atoms with Crippen molar-refractivity contribution < 1.29 is 4.74 Å². The molecule has 0 bridgehead atoms. The van der Waals surface area contributed by atoms with Gasteiger partial charge in [-0.2, -0.15) is 5.10 Å². The van der Waals surface area contributed by atoms with E-state index in [-0.39, 0.29) is 6.04 Å². The minimum Gasteiger partial charge on any atom is -0.497 e. The van der Waals surface area contributed by atoms with Crippen molar-refractivity contribution in [1.82, 2.24) is 4.98 Å². The zero-order chi connectivity index (χ0) is 22.3. The average Bonchev–Trinajstić information content (AvgIpc) is 3.29. The van der Waals surface area contributed by atoms with Gasteiger partial charge in [0.2, 0.25) is 0 Å². The number of allylic oxidation sites excluding steroid dienone is 1. The van der Waals surface area contributed by atoms with Crippen LogP contribution in [0, 0.1) is 0 Å². The van der Waals surface area contributed by atoms with Crippen LogP contribution in [0.1, 0.15) is 37.4 Å². The lowest BCUT2D eigenvalue weighted by Crippen LogP contribution is -2.22. The highest BCUT2D eigenvalue weighted by Crippen LogP contribution is 2.35. The summed E-state index contributed by atoms with van der Waals surface area (Å²) in [6.07, 6.45) is 6.84. The zero-order valence-corrected chi connectivity index (χ0v) is 19.0. The molecule has 2 aromatic carbocycles. The summed E-state index contributed by atoms with van der Waals surface area (Å²) in [5, 5.41) is 6.96. The van der Waals surface area contributed by atoms with E-state index in [0.29, 0.717) is 0 Å². The second-order valence-electron chi connectivity index (χ2n) is 7.71. The highest BCUT2D eigenvalue weighted by atomic mass is 16.5. The molecule has 0 saturated heterocycles. The average molecular weight is 427 g/mol. The zero-order valence-electron chi connectivity index (χ0n) is 19.0. The van der Waals surface area contributed by atoms with E-state index < -0.39 is 0 Å². The van der Waals surface area contributed by atoms with Crippen molar-refractivity contribution in [3.63, 3.8) is 0 Å². The van der Waals surface area contributed by atoms with Crippen molar-refractivity contribution in [2.24, 2.45) is 5.10 Å². The molecule has 0 N–H and O–H groups in total. The Morgan fingerprint density at radius 1 is 0.969 bits per heavy atom. The minimum atomic E-state index is 0.117. The summed E-state index contributed by atoms with van der Waals surface area (Å²) in [6.45, 7) is 6.38. The minimum absolute atomic E-state index is 0.117. The van der Waals surface area contributed by atoms with Crippen molar-refractivity contribution in [2.75, 3.05) is 30.1 Å². The second-order valence-corrected chi connectivity index (χ2v) is 7.71. The number of aromatic nitrogens is 1. The quantitative estimate of drug-likeness (QED) is 0.446. The first kappa shape index (κ1) is 21.6. The lowest BCUT2D eigenvalue weighted by Gasteiger charge is -2.25. The number of ether oxygens (including phenoxy) is 1. The Morgan fingerprint density at radius 2 is 1.72 bits per heavy atom. The maximum Gasteiger partial charge on any atom is 0.149 e. The number of hydrogen-bond donors (Lipinski definition) is 0. The number of benzene rings is 2. The molecule has 5 nitrogen and oxygen atoms in total. The molecule has 4 rings (SSSR count). The highest BCUT2D eigenvalue weighted by Gasteiger charge is 2.29. The van der Waals surface area contributed by atoms with Crippen LogP contribution in [0.3, 0.4) is 0 Å². The van der Waals surface area contributed by atoms with Crippen molar-refractivity contribution in [3.8, 4) is 5.75 Å². The first-order valence-corrected chi connectivity index (χ1v) is 11.2. The normalized spacial score (nSPS) is 15.8. The van der Waals surface area contributed by atoms with Crippen LogP contribution < -0.4 is 14.6 Å². The molecule has 1 aliphatic heterocycles. The fourth-order valence-corrected chi connectivity index (χ4v) is 4.00. The van der Waals surface area contributed by atoms with Crippen molar-refractivity contribution in [1.29, 1.82) is 0 Å². The Bertz CT molecular complexity index is 1060. The number of anilines is 2. The Balaban J connectivity index is 1.58.